The van der Waals surface area contributed by atoms with Crippen LogP contribution < -0.4 is 9.80 Å². The summed E-state index contributed by atoms with van der Waals surface area (Å²) in [4.78, 5) is 3.22. The van der Waals surface area contributed by atoms with E-state index in [-0.39, 0.29) is 0 Å². The average molecular weight is 228 g/mol. The number of nitrogens with one attached hydrogen (secondary N) is 2. The Balaban J connectivity index is 3.61. The molecule has 0 aromatic carbocycles. The van der Waals surface area contributed by atoms with Crippen molar-refractivity contribution in [2.75, 3.05) is 40.8 Å². The fraction of sp³-hybridized carbons (Fsp3) is 0.857. The summed E-state index contributed by atoms with van der Waals surface area (Å²) in [7, 11) is 6.78. The number of rotatable bonds is 8. The van der Waals surface area contributed by atoms with Gasteiger partial charge in [-0.05, 0) is 26.7 Å². The molecule has 0 bridgehead atoms. The molecular weight excluding hydrogens is 196 g/mol. The van der Waals surface area contributed by atoms with Crippen molar-refractivity contribution in [3.8, 4) is 0 Å². The van der Waals surface area contributed by atoms with Gasteiger partial charge in [-0.2, -0.15) is 0 Å². The van der Waals surface area contributed by atoms with Crippen LogP contribution in [0.15, 0.2) is 11.6 Å². The monoisotopic (exact) mass is 228 g/mol. The second kappa shape index (κ2) is 8.77. The maximum Gasteiger partial charge on any atom is 0.127 e. The molecule has 2 heteroatoms. The van der Waals surface area contributed by atoms with Crippen LogP contribution in [0.5, 0.6) is 0 Å². The molecule has 0 saturated carbocycles. The maximum atomic E-state index is 2.38. The second-order valence-corrected chi connectivity index (χ2v) is 5.83. The molecule has 2 N–H and O–H groups in total. The molecular formula is C14H32N2+2. The smallest absolute Gasteiger partial charge is 0.127 e. The molecule has 0 aliphatic heterocycles. The molecule has 0 radical (unpaired) electrons. The predicted molar refractivity (Wildman–Crippen MR) is 72.1 cm³/mol. The van der Waals surface area contributed by atoms with E-state index in [2.05, 4.69) is 48.0 Å². The van der Waals surface area contributed by atoms with E-state index < -0.39 is 0 Å². The van der Waals surface area contributed by atoms with E-state index >= 15 is 0 Å². The third-order valence-electron chi connectivity index (χ3n) is 2.96. The fourth-order valence-electron chi connectivity index (χ4n) is 1.92. The Morgan fingerprint density at radius 2 is 1.75 bits per heavy atom. The van der Waals surface area contributed by atoms with Crippen LogP contribution in [-0.4, -0.2) is 40.8 Å². The molecule has 16 heavy (non-hydrogen) atoms. The Morgan fingerprint density at radius 1 is 1.12 bits per heavy atom. The van der Waals surface area contributed by atoms with Crippen LogP contribution in [-0.2, 0) is 0 Å². The highest BCUT2D eigenvalue weighted by atomic mass is 15.1. The maximum absolute atomic E-state index is 2.38. The van der Waals surface area contributed by atoms with Gasteiger partial charge in [-0.25, -0.2) is 0 Å². The van der Waals surface area contributed by atoms with E-state index in [9.17, 15) is 0 Å². The molecule has 0 aromatic heterocycles. The van der Waals surface area contributed by atoms with Gasteiger partial charge in [0, 0.05) is 5.92 Å². The Kier molecular flexibility index (Phi) is 8.58. The van der Waals surface area contributed by atoms with Crippen LogP contribution in [0.1, 0.15) is 33.6 Å². The van der Waals surface area contributed by atoms with Gasteiger partial charge >= 0.3 is 0 Å². The summed E-state index contributed by atoms with van der Waals surface area (Å²) >= 11 is 0. The normalized spacial score (nSPS) is 14.9. The van der Waals surface area contributed by atoms with Gasteiger partial charge in [0.25, 0.3) is 0 Å². The molecule has 0 aliphatic carbocycles. The molecule has 2 atom stereocenters. The first kappa shape index (κ1) is 15.7. The van der Waals surface area contributed by atoms with Gasteiger partial charge in [-0.1, -0.05) is 18.6 Å². The van der Waals surface area contributed by atoms with Gasteiger partial charge in [-0.3, -0.25) is 0 Å². The minimum Gasteiger partial charge on any atom is -0.335 e. The third-order valence-corrected chi connectivity index (χ3v) is 2.96. The van der Waals surface area contributed by atoms with E-state index in [0.29, 0.717) is 0 Å². The van der Waals surface area contributed by atoms with Crippen LogP contribution in [0.2, 0.25) is 0 Å². The molecule has 0 aliphatic rings. The lowest BCUT2D eigenvalue weighted by atomic mass is 10.0. The van der Waals surface area contributed by atoms with Gasteiger partial charge in [0.05, 0.1) is 27.7 Å². The zero-order valence-corrected chi connectivity index (χ0v) is 12.2. The zero-order valence-electron chi connectivity index (χ0n) is 12.2. The van der Waals surface area contributed by atoms with E-state index in [4.69, 9.17) is 0 Å². The molecule has 0 fully saturated rings. The summed E-state index contributed by atoms with van der Waals surface area (Å²) < 4.78 is 0. The molecule has 96 valence electrons. The summed E-state index contributed by atoms with van der Waals surface area (Å²) in [6.45, 7) is 10.6. The lowest BCUT2D eigenvalue weighted by Crippen LogP contribution is -3.16. The Morgan fingerprint density at radius 3 is 2.25 bits per heavy atom. The van der Waals surface area contributed by atoms with Crippen molar-refractivity contribution in [3.05, 3.63) is 11.6 Å². The highest BCUT2D eigenvalue weighted by molar-refractivity contribution is 4.92. The highest BCUT2D eigenvalue weighted by Crippen LogP contribution is 2.05. The fourth-order valence-corrected chi connectivity index (χ4v) is 1.92. The van der Waals surface area contributed by atoms with Crippen molar-refractivity contribution in [1.82, 2.24) is 0 Å². The minimum atomic E-state index is 0.841. The predicted octanol–water partition coefficient (Wildman–Crippen LogP) is 0.0281. The quantitative estimate of drug-likeness (QED) is 0.543. The topological polar surface area (TPSA) is 8.88 Å². The van der Waals surface area contributed by atoms with Gasteiger partial charge in [0.2, 0.25) is 0 Å². The van der Waals surface area contributed by atoms with Crippen molar-refractivity contribution in [2.24, 2.45) is 5.92 Å². The highest BCUT2D eigenvalue weighted by Gasteiger charge is 2.09. The van der Waals surface area contributed by atoms with Crippen molar-refractivity contribution < 1.29 is 9.80 Å². The summed E-state index contributed by atoms with van der Waals surface area (Å²) in [5, 5.41) is 0. The van der Waals surface area contributed by atoms with E-state index in [1.54, 1.807) is 9.80 Å². The van der Waals surface area contributed by atoms with Crippen molar-refractivity contribution in [2.45, 2.75) is 33.6 Å². The summed E-state index contributed by atoms with van der Waals surface area (Å²) in [6.07, 6.45) is 4.93. The van der Waals surface area contributed by atoms with Crippen LogP contribution >= 0.6 is 0 Å². The van der Waals surface area contributed by atoms with Crippen LogP contribution in [0, 0.1) is 5.92 Å². The van der Waals surface area contributed by atoms with Gasteiger partial charge in [-0.15, -0.1) is 0 Å². The first-order valence-electron chi connectivity index (χ1n) is 6.65. The number of hydrogen-bond acceptors (Lipinski definition) is 0. The summed E-state index contributed by atoms with van der Waals surface area (Å²) in [5.74, 6) is 0.841. The number of allylic oxidation sites excluding steroid dienone is 2. The van der Waals surface area contributed by atoms with Gasteiger partial charge in [0.1, 0.15) is 13.1 Å². The molecule has 0 amide bonds. The minimum absolute atomic E-state index is 0.841. The van der Waals surface area contributed by atoms with Gasteiger partial charge < -0.3 is 9.80 Å². The Labute approximate surface area is 102 Å². The molecule has 0 aromatic rings. The molecule has 2 nitrogen and oxygen atoms in total. The van der Waals surface area contributed by atoms with Crippen molar-refractivity contribution in [3.63, 3.8) is 0 Å². The molecule has 1 unspecified atom stereocenters. The first-order chi connectivity index (χ1) is 7.41. The van der Waals surface area contributed by atoms with Crippen LogP contribution in [0.4, 0.5) is 0 Å². The lowest BCUT2D eigenvalue weighted by molar-refractivity contribution is -0.931. The molecule has 0 rings (SSSR count). The molecule has 0 heterocycles. The largest absolute Gasteiger partial charge is 0.335 e. The summed E-state index contributed by atoms with van der Waals surface area (Å²) in [6, 6.07) is 0. The third kappa shape index (κ3) is 10.2. The second-order valence-electron chi connectivity index (χ2n) is 5.83. The van der Waals surface area contributed by atoms with Crippen LogP contribution in [0.3, 0.4) is 0 Å². The van der Waals surface area contributed by atoms with E-state index in [0.717, 1.165) is 5.92 Å². The van der Waals surface area contributed by atoms with E-state index in [1.165, 1.54) is 38.0 Å². The number of likely N-dealkylation sites (N-methyl/N-ethyl adjacent to an activating group) is 2. The Hall–Kier alpha value is -0.340. The number of quaternary nitrogens is 2. The number of hydrogen-bond donors (Lipinski definition) is 2. The van der Waals surface area contributed by atoms with Gasteiger partial charge in [0.15, 0.2) is 0 Å². The Bertz CT molecular complexity index is 193. The van der Waals surface area contributed by atoms with Crippen LogP contribution in [0.25, 0.3) is 0 Å². The standard InChI is InChI=1S/C14H30N2/c1-13(2)8-7-9-14(3)12-16(6)11-10-15(4)5/h8,14H,7,9-12H2,1-6H3/p+2/t14-/m0/s1. The first-order valence-corrected chi connectivity index (χ1v) is 6.65. The van der Waals surface area contributed by atoms with Crippen molar-refractivity contribution in [1.29, 1.82) is 0 Å². The van der Waals surface area contributed by atoms with E-state index in [1.807, 2.05) is 0 Å². The SMILES string of the molecule is CC(C)=CCC[C@H](C)C[NH+](C)CC[NH+](C)C. The van der Waals surface area contributed by atoms with Crippen molar-refractivity contribution >= 4 is 0 Å². The lowest BCUT2D eigenvalue weighted by Gasteiger charge is -2.19. The zero-order chi connectivity index (χ0) is 12.6. The summed E-state index contributed by atoms with van der Waals surface area (Å²) in [5.41, 5.74) is 1.45. The molecule has 0 saturated heterocycles. The average Bonchev–Trinajstić information content (AvgIpc) is 2.14. The molecule has 0 spiro atoms.